The zero-order chi connectivity index (χ0) is 12.9. The van der Waals surface area contributed by atoms with E-state index in [9.17, 15) is 9.18 Å². The van der Waals surface area contributed by atoms with Crippen LogP contribution in [0.3, 0.4) is 0 Å². The molecule has 5 heteroatoms. The van der Waals surface area contributed by atoms with E-state index in [1.165, 1.54) is 0 Å². The smallest absolute Gasteiger partial charge is 0.255 e. The van der Waals surface area contributed by atoms with Crippen LogP contribution in [0.1, 0.15) is 15.9 Å². The number of hydrogen-bond acceptors (Lipinski definition) is 1. The average molecular weight is 351 g/mol. The van der Waals surface area contributed by atoms with Crippen molar-refractivity contribution in [1.29, 1.82) is 0 Å². The van der Waals surface area contributed by atoms with Crippen molar-refractivity contribution in [2.45, 2.75) is 6.67 Å². The molecule has 0 aliphatic heterocycles. The predicted molar refractivity (Wildman–Crippen MR) is 74.6 cm³/mol. The highest BCUT2D eigenvalue weighted by atomic mass is 127. The second-order valence-corrected chi connectivity index (χ2v) is 5.23. The maximum Gasteiger partial charge on any atom is 0.255 e. The van der Waals surface area contributed by atoms with Crippen LogP contribution in [0.4, 0.5) is 4.39 Å². The Morgan fingerprint density at radius 1 is 1.35 bits per heavy atom. The maximum absolute atomic E-state index is 12.3. The van der Waals surface area contributed by atoms with E-state index in [-0.39, 0.29) is 5.91 Å². The molecule has 0 aliphatic carbocycles. The molecule has 3 nitrogen and oxygen atoms in total. The molecule has 0 spiro atoms. The van der Waals surface area contributed by atoms with E-state index in [1.807, 2.05) is 14.1 Å². The van der Waals surface area contributed by atoms with Crippen molar-refractivity contribution < 1.29 is 13.7 Å². The number of amides is 1. The normalized spacial score (nSPS) is 11.3. The molecule has 0 aliphatic rings. The van der Waals surface area contributed by atoms with Gasteiger partial charge < -0.3 is 9.80 Å². The Hall–Kier alpha value is -0.690. The molecule has 0 unspecified atom stereocenters. The Labute approximate surface area is 115 Å². The van der Waals surface area contributed by atoms with Gasteiger partial charge in [-0.15, -0.1) is 0 Å². The van der Waals surface area contributed by atoms with Crippen LogP contribution >= 0.6 is 22.6 Å². The third-order valence-electron chi connectivity index (χ3n) is 2.36. The number of quaternary nitrogens is 1. The van der Waals surface area contributed by atoms with Gasteiger partial charge in [0.1, 0.15) is 11.2 Å². The minimum Gasteiger partial charge on any atom is -0.305 e. The first-order valence-corrected chi connectivity index (χ1v) is 6.82. The first kappa shape index (κ1) is 14.4. The van der Waals surface area contributed by atoms with Gasteiger partial charge in [0.05, 0.1) is 14.1 Å². The number of alkyl halides is 2. The molecule has 0 radical (unpaired) electrons. The van der Waals surface area contributed by atoms with Gasteiger partial charge in [0.2, 0.25) is 0 Å². The maximum atomic E-state index is 12.3. The third-order valence-corrected chi connectivity index (χ3v) is 4.21. The van der Waals surface area contributed by atoms with E-state index in [2.05, 4.69) is 27.9 Å². The van der Waals surface area contributed by atoms with Crippen LogP contribution in [-0.4, -0.2) is 35.7 Å². The van der Waals surface area contributed by atoms with Crippen molar-refractivity contribution >= 4 is 28.5 Å². The Balaban J connectivity index is 2.58. The quantitative estimate of drug-likeness (QED) is 0.285. The molecule has 0 bridgehead atoms. The molecule has 0 saturated heterocycles. The van der Waals surface area contributed by atoms with Gasteiger partial charge in [-0.3, -0.25) is 4.79 Å². The molecule has 1 aromatic rings. The Morgan fingerprint density at radius 3 is 2.41 bits per heavy atom. The molecular weight excluding hydrogens is 334 g/mol. The van der Waals surface area contributed by atoms with Gasteiger partial charge >= 0.3 is 0 Å². The van der Waals surface area contributed by atoms with Crippen LogP contribution in [0.5, 0.6) is 0 Å². The zero-order valence-electron chi connectivity index (χ0n) is 10.0. The van der Waals surface area contributed by atoms with Gasteiger partial charge in [0.25, 0.3) is 5.91 Å². The molecule has 94 valence electrons. The minimum absolute atomic E-state index is 0.119. The number of benzene rings is 1. The second kappa shape index (κ2) is 6.30. The summed E-state index contributed by atoms with van der Waals surface area (Å²) in [5, 5.41) is 2.86. The number of carbonyl (C=O) groups excluding carboxylic acids is 1. The highest BCUT2D eigenvalue weighted by Crippen LogP contribution is 2.06. The van der Waals surface area contributed by atoms with E-state index in [0.717, 1.165) is 9.03 Å². The van der Waals surface area contributed by atoms with Crippen LogP contribution < -0.4 is 5.32 Å². The summed E-state index contributed by atoms with van der Waals surface area (Å²) < 4.78 is 13.9. The van der Waals surface area contributed by atoms with Crippen molar-refractivity contribution in [2.75, 3.05) is 25.3 Å². The van der Waals surface area contributed by atoms with E-state index in [1.54, 1.807) is 24.3 Å². The lowest BCUT2D eigenvalue weighted by atomic mass is 10.1. The van der Waals surface area contributed by atoms with Crippen molar-refractivity contribution in [3.8, 4) is 0 Å². The monoisotopic (exact) mass is 351 g/mol. The molecule has 0 aromatic heterocycles. The molecule has 0 atom stereocenters. The van der Waals surface area contributed by atoms with E-state index in [4.69, 9.17) is 0 Å². The number of carbonyl (C=O) groups is 1. The summed E-state index contributed by atoms with van der Waals surface area (Å²) in [6, 6.07) is 6.56. The van der Waals surface area contributed by atoms with Gasteiger partial charge in [-0.2, -0.15) is 0 Å². The van der Waals surface area contributed by atoms with Crippen molar-refractivity contribution in [2.24, 2.45) is 0 Å². The van der Waals surface area contributed by atoms with Crippen LogP contribution in [0.15, 0.2) is 24.3 Å². The minimum atomic E-state index is -0.499. The van der Waals surface area contributed by atoms with E-state index < -0.39 is 6.67 Å². The topological polar surface area (TPSA) is 29.1 Å². The number of nitrogens with one attached hydrogen (secondary N) is 1. The summed E-state index contributed by atoms with van der Waals surface area (Å²) in [7, 11) is 4.08. The first-order valence-electron chi connectivity index (χ1n) is 5.29. The number of rotatable bonds is 5. The average Bonchev–Trinajstić information content (AvgIpc) is 2.36. The summed E-state index contributed by atoms with van der Waals surface area (Å²) in [5.74, 6) is -0.119. The molecule has 0 fully saturated rings. The molecule has 1 N–H and O–H groups in total. The van der Waals surface area contributed by atoms with E-state index in [0.29, 0.717) is 17.8 Å². The highest BCUT2D eigenvalue weighted by molar-refractivity contribution is 14.1. The predicted octanol–water partition coefficient (Wildman–Crippen LogP) is 2.31. The Bertz CT molecular complexity index is 379. The fraction of sp³-hybridized carbons (Fsp3) is 0.417. The van der Waals surface area contributed by atoms with Crippen molar-refractivity contribution in [1.82, 2.24) is 5.32 Å². The summed E-state index contributed by atoms with van der Waals surface area (Å²) in [4.78, 5) is 11.8. The Morgan fingerprint density at radius 2 is 1.94 bits per heavy atom. The number of hydrogen-bond donors (Lipinski definition) is 1. The summed E-state index contributed by atoms with van der Waals surface area (Å²) >= 11 is 2.28. The molecule has 1 rings (SSSR count). The van der Waals surface area contributed by atoms with Crippen molar-refractivity contribution in [3.63, 3.8) is 0 Å². The van der Waals surface area contributed by atoms with Gasteiger partial charge in [0, 0.05) is 5.56 Å². The summed E-state index contributed by atoms with van der Waals surface area (Å²) in [6.45, 7) is 0.0767. The van der Waals surface area contributed by atoms with Gasteiger partial charge in [-0.05, 0) is 40.3 Å². The van der Waals surface area contributed by atoms with Crippen LogP contribution in [-0.2, 0) is 6.67 Å². The first-order chi connectivity index (χ1) is 7.98. The third kappa shape index (κ3) is 4.59. The summed E-state index contributed by atoms with van der Waals surface area (Å²) in [5.41, 5.74) is 1.15. The Kier molecular flexibility index (Phi) is 5.32. The molecule has 0 heterocycles. The summed E-state index contributed by atoms with van der Waals surface area (Å²) in [6.07, 6.45) is 0. The van der Waals surface area contributed by atoms with Crippen LogP contribution in [0.2, 0.25) is 0 Å². The lowest BCUT2D eigenvalue weighted by Crippen LogP contribution is -2.47. The van der Waals surface area contributed by atoms with Crippen LogP contribution in [0.25, 0.3) is 0 Å². The SMILES string of the molecule is C[N+](C)(CI)CNC(=O)c1ccc(CF)cc1. The van der Waals surface area contributed by atoms with Gasteiger partial charge in [-0.1, -0.05) is 12.1 Å². The lowest BCUT2D eigenvalue weighted by Gasteiger charge is -2.27. The van der Waals surface area contributed by atoms with Gasteiger partial charge in [0.15, 0.2) is 6.67 Å². The molecule has 17 heavy (non-hydrogen) atoms. The van der Waals surface area contributed by atoms with Crippen molar-refractivity contribution in [3.05, 3.63) is 35.4 Å². The fourth-order valence-corrected chi connectivity index (χ4v) is 1.42. The largest absolute Gasteiger partial charge is 0.305 e. The van der Waals surface area contributed by atoms with Gasteiger partial charge in [-0.25, -0.2) is 4.39 Å². The molecular formula is C12H17FIN2O+. The van der Waals surface area contributed by atoms with Crippen LogP contribution in [0, 0.1) is 0 Å². The molecule has 1 aromatic carbocycles. The number of halogens is 2. The molecule has 0 saturated carbocycles. The molecule has 1 amide bonds. The van der Waals surface area contributed by atoms with E-state index >= 15 is 0 Å². The lowest BCUT2D eigenvalue weighted by molar-refractivity contribution is -0.876. The fourth-order valence-electron chi connectivity index (χ4n) is 1.18. The number of nitrogens with zero attached hydrogens (tertiary/aromatic N) is 1. The standard InChI is InChI=1S/C12H16FIN2O/c1-16(2,8-14)9-15-12(17)11-5-3-10(7-13)4-6-11/h3-6H,7-9H2,1-2H3/p+1. The zero-order valence-corrected chi connectivity index (χ0v) is 12.2. The second-order valence-electron chi connectivity index (χ2n) is 4.55. The highest BCUT2D eigenvalue weighted by Gasteiger charge is 2.14.